The highest BCUT2D eigenvalue weighted by Gasteiger charge is 2.22. The first-order chi connectivity index (χ1) is 8.83. The Bertz CT molecular complexity index is 506. The summed E-state index contributed by atoms with van der Waals surface area (Å²) in [5, 5.41) is 6.96. The molecule has 0 spiro atoms. The molecule has 1 fully saturated rings. The van der Waals surface area contributed by atoms with Gasteiger partial charge in [0, 0.05) is 30.9 Å². The van der Waals surface area contributed by atoms with Crippen LogP contribution in [0, 0.1) is 6.92 Å². The van der Waals surface area contributed by atoms with E-state index in [4.69, 9.17) is 0 Å². The molecule has 0 aliphatic carbocycles. The van der Waals surface area contributed by atoms with Crippen molar-refractivity contribution in [2.75, 3.05) is 18.0 Å². The van der Waals surface area contributed by atoms with Gasteiger partial charge in [-0.15, -0.1) is 0 Å². The van der Waals surface area contributed by atoms with Crippen LogP contribution in [0.4, 0.5) is 5.82 Å². The van der Waals surface area contributed by atoms with Crippen LogP contribution in [0.25, 0.3) is 0 Å². The van der Waals surface area contributed by atoms with Gasteiger partial charge < -0.3 is 4.90 Å². The first-order valence-corrected chi connectivity index (χ1v) is 6.50. The Morgan fingerprint density at radius 3 is 3.11 bits per heavy atom. The van der Waals surface area contributed by atoms with Gasteiger partial charge in [0.15, 0.2) is 0 Å². The minimum Gasteiger partial charge on any atom is -0.356 e. The maximum absolute atomic E-state index is 4.62. The molecule has 1 unspecified atom stereocenters. The lowest BCUT2D eigenvalue weighted by atomic mass is 9.93. The molecule has 2 aromatic heterocycles. The molecule has 4 heteroatoms. The molecule has 0 saturated carbocycles. The summed E-state index contributed by atoms with van der Waals surface area (Å²) in [6.07, 6.45) is 6.41. The van der Waals surface area contributed by atoms with Gasteiger partial charge in [0.1, 0.15) is 5.82 Å². The fourth-order valence-corrected chi connectivity index (χ4v) is 2.65. The number of anilines is 1. The maximum Gasteiger partial charge on any atom is 0.128 e. The lowest BCUT2D eigenvalue weighted by Gasteiger charge is -2.33. The summed E-state index contributed by atoms with van der Waals surface area (Å²) in [4.78, 5) is 7.00. The fraction of sp³-hybridized carbons (Fsp3) is 0.429. The predicted molar refractivity (Wildman–Crippen MR) is 71.7 cm³/mol. The number of aromatic nitrogens is 3. The van der Waals surface area contributed by atoms with Crippen LogP contribution >= 0.6 is 0 Å². The first-order valence-electron chi connectivity index (χ1n) is 6.50. The molecule has 2 aromatic rings. The van der Waals surface area contributed by atoms with E-state index in [0.29, 0.717) is 5.92 Å². The van der Waals surface area contributed by atoms with E-state index in [0.717, 1.165) is 24.6 Å². The number of hydrogen-bond acceptors (Lipinski definition) is 3. The molecule has 3 rings (SSSR count). The van der Waals surface area contributed by atoms with Crippen LogP contribution in [-0.2, 0) is 0 Å². The van der Waals surface area contributed by atoms with Crippen LogP contribution in [0.15, 0.2) is 30.6 Å². The van der Waals surface area contributed by atoms with Crippen molar-refractivity contribution in [2.24, 2.45) is 0 Å². The highest BCUT2D eigenvalue weighted by atomic mass is 15.2. The normalized spacial score (nSPS) is 20.1. The number of nitrogens with one attached hydrogen (secondary N) is 1. The molecule has 1 saturated heterocycles. The standard InChI is InChI=1S/C14H18N4/c1-11-4-2-6-14(17-11)18-7-3-5-12(10-18)13-8-15-16-9-13/h2,4,6,8-9,12H,3,5,7,10H2,1H3,(H,15,16). The third-order valence-electron chi connectivity index (χ3n) is 3.61. The molecule has 1 aliphatic rings. The lowest BCUT2D eigenvalue weighted by Crippen LogP contribution is -2.34. The molecule has 0 radical (unpaired) electrons. The molecule has 4 nitrogen and oxygen atoms in total. The highest BCUT2D eigenvalue weighted by Crippen LogP contribution is 2.28. The summed E-state index contributed by atoms with van der Waals surface area (Å²) in [6, 6.07) is 6.23. The molecule has 1 atom stereocenters. The monoisotopic (exact) mass is 242 g/mol. The molecule has 1 N–H and O–H groups in total. The number of rotatable bonds is 2. The summed E-state index contributed by atoms with van der Waals surface area (Å²) in [5.41, 5.74) is 2.39. The summed E-state index contributed by atoms with van der Waals surface area (Å²) in [6.45, 7) is 4.18. The van der Waals surface area contributed by atoms with Gasteiger partial charge in [0.25, 0.3) is 0 Å². The van der Waals surface area contributed by atoms with Gasteiger partial charge in [-0.3, -0.25) is 5.10 Å². The molecular weight excluding hydrogens is 224 g/mol. The van der Waals surface area contributed by atoms with Crippen LogP contribution < -0.4 is 4.90 Å². The molecule has 0 bridgehead atoms. The van der Waals surface area contributed by atoms with Gasteiger partial charge in [-0.25, -0.2) is 4.98 Å². The third-order valence-corrected chi connectivity index (χ3v) is 3.61. The quantitative estimate of drug-likeness (QED) is 0.880. The average Bonchev–Trinajstić information content (AvgIpc) is 2.93. The molecule has 0 amide bonds. The molecule has 1 aliphatic heterocycles. The molecule has 3 heterocycles. The van der Waals surface area contributed by atoms with Gasteiger partial charge in [-0.1, -0.05) is 6.07 Å². The Morgan fingerprint density at radius 2 is 2.33 bits per heavy atom. The molecule has 94 valence electrons. The second kappa shape index (κ2) is 4.80. The Balaban J connectivity index is 1.78. The van der Waals surface area contributed by atoms with Gasteiger partial charge in [-0.2, -0.15) is 5.10 Å². The minimum atomic E-state index is 0.569. The summed E-state index contributed by atoms with van der Waals surface area (Å²) in [7, 11) is 0. The second-order valence-electron chi connectivity index (χ2n) is 4.95. The SMILES string of the molecule is Cc1cccc(N2CCCC(c3cn[nH]c3)C2)n1. The van der Waals surface area contributed by atoms with Crippen LogP contribution in [0.3, 0.4) is 0 Å². The van der Waals surface area contributed by atoms with Crippen LogP contribution in [0.1, 0.15) is 30.0 Å². The third kappa shape index (κ3) is 2.23. The number of H-pyrrole nitrogens is 1. The van der Waals surface area contributed by atoms with Crippen molar-refractivity contribution in [1.82, 2.24) is 15.2 Å². The maximum atomic E-state index is 4.62. The van der Waals surface area contributed by atoms with E-state index in [2.05, 4.69) is 32.2 Å². The van der Waals surface area contributed by atoms with E-state index in [1.807, 2.05) is 25.4 Å². The average molecular weight is 242 g/mol. The highest BCUT2D eigenvalue weighted by molar-refractivity contribution is 5.40. The second-order valence-corrected chi connectivity index (χ2v) is 4.95. The number of nitrogens with zero attached hydrogens (tertiary/aromatic N) is 3. The van der Waals surface area contributed by atoms with E-state index in [-0.39, 0.29) is 0 Å². The van der Waals surface area contributed by atoms with Gasteiger partial charge in [0.05, 0.1) is 6.20 Å². The largest absolute Gasteiger partial charge is 0.356 e. The first kappa shape index (κ1) is 11.3. The van der Waals surface area contributed by atoms with Crippen molar-refractivity contribution >= 4 is 5.82 Å². The number of aryl methyl sites for hydroxylation is 1. The van der Waals surface area contributed by atoms with Crippen LogP contribution in [-0.4, -0.2) is 28.3 Å². The molecular formula is C14H18N4. The number of hydrogen-bond donors (Lipinski definition) is 1. The zero-order valence-corrected chi connectivity index (χ0v) is 10.6. The van der Waals surface area contributed by atoms with E-state index in [1.165, 1.54) is 18.4 Å². The summed E-state index contributed by atoms with van der Waals surface area (Å²) >= 11 is 0. The zero-order valence-electron chi connectivity index (χ0n) is 10.6. The molecule has 18 heavy (non-hydrogen) atoms. The van der Waals surface area contributed by atoms with Crippen molar-refractivity contribution < 1.29 is 0 Å². The Labute approximate surface area is 107 Å². The van der Waals surface area contributed by atoms with Gasteiger partial charge in [-0.05, 0) is 37.5 Å². The van der Waals surface area contributed by atoms with Crippen LogP contribution in [0.2, 0.25) is 0 Å². The van der Waals surface area contributed by atoms with E-state index in [9.17, 15) is 0 Å². The van der Waals surface area contributed by atoms with Crippen molar-refractivity contribution in [1.29, 1.82) is 0 Å². The van der Waals surface area contributed by atoms with Crippen molar-refractivity contribution in [3.8, 4) is 0 Å². The zero-order chi connectivity index (χ0) is 12.4. The van der Waals surface area contributed by atoms with E-state index in [1.54, 1.807) is 0 Å². The van der Waals surface area contributed by atoms with Crippen molar-refractivity contribution in [3.05, 3.63) is 41.9 Å². The lowest BCUT2D eigenvalue weighted by molar-refractivity contribution is 0.507. The fourth-order valence-electron chi connectivity index (χ4n) is 2.65. The Kier molecular flexibility index (Phi) is 3.00. The topological polar surface area (TPSA) is 44.8 Å². The number of aromatic amines is 1. The number of piperidine rings is 1. The van der Waals surface area contributed by atoms with Gasteiger partial charge in [0.2, 0.25) is 0 Å². The van der Waals surface area contributed by atoms with Gasteiger partial charge >= 0.3 is 0 Å². The van der Waals surface area contributed by atoms with Crippen molar-refractivity contribution in [3.63, 3.8) is 0 Å². The predicted octanol–water partition coefficient (Wildman–Crippen LogP) is 2.50. The summed E-state index contributed by atoms with van der Waals surface area (Å²) in [5.74, 6) is 1.67. The molecule has 0 aromatic carbocycles. The van der Waals surface area contributed by atoms with Crippen LogP contribution in [0.5, 0.6) is 0 Å². The van der Waals surface area contributed by atoms with E-state index >= 15 is 0 Å². The Hall–Kier alpha value is -1.84. The van der Waals surface area contributed by atoms with E-state index < -0.39 is 0 Å². The smallest absolute Gasteiger partial charge is 0.128 e. The minimum absolute atomic E-state index is 0.569. The van der Waals surface area contributed by atoms with Crippen molar-refractivity contribution in [2.45, 2.75) is 25.7 Å². The number of pyridine rings is 1. The Morgan fingerprint density at radius 1 is 1.39 bits per heavy atom. The summed E-state index contributed by atoms with van der Waals surface area (Å²) < 4.78 is 0.